The normalized spacial score (nSPS) is 30.8. The van der Waals surface area contributed by atoms with E-state index in [9.17, 15) is 0 Å². The molecule has 1 saturated carbocycles. The second-order valence-corrected chi connectivity index (χ2v) is 8.23. The van der Waals surface area contributed by atoms with Gasteiger partial charge in [0, 0.05) is 50.6 Å². The Morgan fingerprint density at radius 2 is 2.23 bits per heavy atom. The first-order valence-electron chi connectivity index (χ1n) is 9.65. The SMILES string of the molecule is COC1(C)CC(NC(=NCC2CCOC2)NCCc2ccco2)C1(C)C. The molecular weight excluding hydrogens is 330 g/mol. The highest BCUT2D eigenvalue weighted by Crippen LogP contribution is 2.51. The van der Waals surface area contributed by atoms with E-state index in [0.29, 0.717) is 12.0 Å². The molecule has 6 nitrogen and oxygen atoms in total. The Hall–Kier alpha value is -1.53. The molecule has 0 spiro atoms. The molecule has 2 fully saturated rings. The lowest BCUT2D eigenvalue weighted by molar-refractivity contribution is -0.176. The van der Waals surface area contributed by atoms with Crippen LogP contribution < -0.4 is 10.6 Å². The first kappa shape index (κ1) is 19.2. The molecule has 2 aliphatic rings. The zero-order chi connectivity index (χ0) is 18.6. The summed E-state index contributed by atoms with van der Waals surface area (Å²) in [5.41, 5.74) is -0.0507. The van der Waals surface area contributed by atoms with Gasteiger partial charge in [-0.15, -0.1) is 0 Å². The average molecular weight is 364 g/mol. The minimum absolute atomic E-state index is 0.0433. The van der Waals surface area contributed by atoms with Gasteiger partial charge in [0.1, 0.15) is 5.76 Å². The minimum atomic E-state index is -0.0940. The van der Waals surface area contributed by atoms with Crippen molar-refractivity contribution in [2.45, 2.75) is 51.7 Å². The minimum Gasteiger partial charge on any atom is -0.469 e. The van der Waals surface area contributed by atoms with Crippen LogP contribution in [-0.2, 0) is 15.9 Å². The van der Waals surface area contributed by atoms with Crippen LogP contribution in [0.4, 0.5) is 0 Å². The van der Waals surface area contributed by atoms with Crippen molar-refractivity contribution >= 4 is 5.96 Å². The van der Waals surface area contributed by atoms with Gasteiger partial charge < -0.3 is 24.5 Å². The number of nitrogens with zero attached hydrogens (tertiary/aromatic N) is 1. The van der Waals surface area contributed by atoms with E-state index in [1.165, 1.54) is 0 Å². The fourth-order valence-electron chi connectivity index (χ4n) is 3.75. The third-order valence-corrected chi connectivity index (χ3v) is 6.36. The number of nitrogens with one attached hydrogen (secondary N) is 2. The number of furan rings is 1. The van der Waals surface area contributed by atoms with Crippen molar-refractivity contribution in [2.24, 2.45) is 16.3 Å². The lowest BCUT2D eigenvalue weighted by atomic mass is 9.56. The monoisotopic (exact) mass is 363 g/mol. The molecule has 0 radical (unpaired) electrons. The highest BCUT2D eigenvalue weighted by atomic mass is 16.5. The number of ether oxygens (including phenoxy) is 2. The van der Waals surface area contributed by atoms with Gasteiger partial charge in [-0.2, -0.15) is 0 Å². The van der Waals surface area contributed by atoms with Crippen LogP contribution in [0.5, 0.6) is 0 Å². The maximum atomic E-state index is 5.74. The smallest absolute Gasteiger partial charge is 0.191 e. The standard InChI is InChI=1S/C20H33N3O3/c1-19(2)17(12-20(19,3)24-4)23-18(22-13-15-8-11-25-14-15)21-9-7-16-6-5-10-26-16/h5-6,10,15,17H,7-9,11-14H2,1-4H3,(H2,21,22,23). The average Bonchev–Trinajstić information content (AvgIpc) is 3.32. The quantitative estimate of drug-likeness (QED) is 0.576. The molecule has 2 N–H and O–H groups in total. The number of methoxy groups -OCH3 is 1. The second kappa shape index (κ2) is 8.01. The van der Waals surface area contributed by atoms with Crippen LogP contribution in [0, 0.1) is 11.3 Å². The summed E-state index contributed by atoms with van der Waals surface area (Å²) in [5, 5.41) is 7.09. The molecule has 1 aliphatic heterocycles. The number of aliphatic imine (C=N–C) groups is 1. The van der Waals surface area contributed by atoms with Gasteiger partial charge >= 0.3 is 0 Å². The predicted molar refractivity (Wildman–Crippen MR) is 102 cm³/mol. The zero-order valence-corrected chi connectivity index (χ0v) is 16.5. The Morgan fingerprint density at radius 1 is 1.38 bits per heavy atom. The summed E-state index contributed by atoms with van der Waals surface area (Å²) >= 11 is 0. The molecule has 1 aromatic rings. The summed E-state index contributed by atoms with van der Waals surface area (Å²) in [6.45, 7) is 9.95. The topological polar surface area (TPSA) is 68.0 Å². The zero-order valence-electron chi connectivity index (χ0n) is 16.5. The highest BCUT2D eigenvalue weighted by molar-refractivity contribution is 5.80. The number of guanidine groups is 1. The van der Waals surface area contributed by atoms with Crippen molar-refractivity contribution in [3.05, 3.63) is 24.2 Å². The van der Waals surface area contributed by atoms with Gasteiger partial charge in [-0.3, -0.25) is 4.99 Å². The van der Waals surface area contributed by atoms with Crippen LogP contribution in [0.1, 0.15) is 39.4 Å². The summed E-state index contributed by atoms with van der Waals surface area (Å²) in [6, 6.07) is 4.26. The molecule has 6 heteroatoms. The van der Waals surface area contributed by atoms with Gasteiger partial charge in [-0.05, 0) is 31.9 Å². The van der Waals surface area contributed by atoms with E-state index in [0.717, 1.165) is 57.3 Å². The van der Waals surface area contributed by atoms with Crippen LogP contribution >= 0.6 is 0 Å². The molecule has 0 bridgehead atoms. The van der Waals surface area contributed by atoms with Gasteiger partial charge in [-0.1, -0.05) is 13.8 Å². The Kier molecular flexibility index (Phi) is 5.92. The lowest BCUT2D eigenvalue weighted by Crippen LogP contribution is -2.69. The summed E-state index contributed by atoms with van der Waals surface area (Å²) in [6.07, 6.45) is 4.62. The fourth-order valence-corrected chi connectivity index (χ4v) is 3.75. The Bertz CT molecular complexity index is 593. The molecule has 146 valence electrons. The first-order chi connectivity index (χ1) is 12.4. The predicted octanol–water partition coefficient (Wildman–Crippen LogP) is 2.60. The van der Waals surface area contributed by atoms with Crippen molar-refractivity contribution in [1.82, 2.24) is 10.6 Å². The molecule has 3 rings (SSSR count). The first-order valence-corrected chi connectivity index (χ1v) is 9.65. The number of hydrogen-bond donors (Lipinski definition) is 2. The van der Waals surface area contributed by atoms with Gasteiger partial charge in [0.15, 0.2) is 5.96 Å². The van der Waals surface area contributed by atoms with Gasteiger partial charge in [0.25, 0.3) is 0 Å². The summed E-state index contributed by atoms with van der Waals surface area (Å²) in [4.78, 5) is 4.83. The van der Waals surface area contributed by atoms with Gasteiger partial charge in [0.05, 0.1) is 18.5 Å². The van der Waals surface area contributed by atoms with E-state index in [1.54, 1.807) is 13.4 Å². The van der Waals surface area contributed by atoms with Crippen molar-refractivity contribution in [3.63, 3.8) is 0 Å². The largest absolute Gasteiger partial charge is 0.469 e. The molecule has 3 atom stereocenters. The summed E-state index contributed by atoms with van der Waals surface area (Å²) in [5.74, 6) is 2.38. The Morgan fingerprint density at radius 3 is 2.85 bits per heavy atom. The van der Waals surface area contributed by atoms with Crippen molar-refractivity contribution in [1.29, 1.82) is 0 Å². The van der Waals surface area contributed by atoms with Gasteiger partial charge in [0.2, 0.25) is 0 Å². The number of rotatable bonds is 7. The molecule has 26 heavy (non-hydrogen) atoms. The molecule has 1 aromatic heterocycles. The van der Waals surface area contributed by atoms with Gasteiger partial charge in [-0.25, -0.2) is 0 Å². The van der Waals surface area contributed by atoms with Crippen molar-refractivity contribution in [2.75, 3.05) is 33.4 Å². The van der Waals surface area contributed by atoms with Crippen LogP contribution in [0.25, 0.3) is 0 Å². The fraction of sp³-hybridized carbons (Fsp3) is 0.750. The molecule has 0 aromatic carbocycles. The maximum absolute atomic E-state index is 5.74. The highest BCUT2D eigenvalue weighted by Gasteiger charge is 2.58. The molecule has 1 saturated heterocycles. The Balaban J connectivity index is 1.58. The Labute approximate surface area is 156 Å². The van der Waals surface area contributed by atoms with Crippen LogP contribution in [-0.4, -0.2) is 51.0 Å². The van der Waals surface area contributed by atoms with E-state index in [2.05, 4.69) is 31.4 Å². The molecule has 0 amide bonds. The van der Waals surface area contributed by atoms with E-state index >= 15 is 0 Å². The van der Waals surface area contributed by atoms with Crippen LogP contribution in [0.2, 0.25) is 0 Å². The molecular formula is C20H33N3O3. The molecule has 3 unspecified atom stereocenters. The van der Waals surface area contributed by atoms with Crippen LogP contribution in [0.3, 0.4) is 0 Å². The van der Waals surface area contributed by atoms with E-state index in [1.807, 2.05) is 12.1 Å². The number of hydrogen-bond acceptors (Lipinski definition) is 4. The van der Waals surface area contributed by atoms with Crippen molar-refractivity contribution < 1.29 is 13.9 Å². The third-order valence-electron chi connectivity index (χ3n) is 6.36. The van der Waals surface area contributed by atoms with E-state index < -0.39 is 0 Å². The van der Waals surface area contributed by atoms with Crippen molar-refractivity contribution in [3.8, 4) is 0 Å². The molecule has 2 heterocycles. The summed E-state index contributed by atoms with van der Waals surface area (Å²) < 4.78 is 16.6. The maximum Gasteiger partial charge on any atom is 0.191 e. The van der Waals surface area contributed by atoms with Crippen LogP contribution in [0.15, 0.2) is 27.8 Å². The van der Waals surface area contributed by atoms with E-state index in [4.69, 9.17) is 18.9 Å². The second-order valence-electron chi connectivity index (χ2n) is 8.23. The third kappa shape index (κ3) is 4.07. The molecule has 1 aliphatic carbocycles. The summed E-state index contributed by atoms with van der Waals surface area (Å²) in [7, 11) is 1.80. The lowest BCUT2D eigenvalue weighted by Gasteiger charge is -2.59. The van der Waals surface area contributed by atoms with E-state index in [-0.39, 0.29) is 11.0 Å².